The molecule has 0 unspecified atom stereocenters. The Labute approximate surface area is 100 Å². The van der Waals surface area contributed by atoms with E-state index in [1.165, 1.54) is 24.3 Å². The van der Waals surface area contributed by atoms with E-state index in [0.717, 1.165) is 6.07 Å². The van der Waals surface area contributed by atoms with E-state index in [1.54, 1.807) is 0 Å². The van der Waals surface area contributed by atoms with Gasteiger partial charge in [-0.15, -0.1) is 0 Å². The lowest BCUT2D eigenvalue weighted by Gasteiger charge is -2.08. The molecule has 0 fully saturated rings. The summed E-state index contributed by atoms with van der Waals surface area (Å²) >= 11 is 5.52. The maximum Gasteiger partial charge on any atom is 0.417 e. The third-order valence-electron chi connectivity index (χ3n) is 1.86. The van der Waals surface area contributed by atoms with Crippen LogP contribution in [0.1, 0.15) is 11.1 Å². The van der Waals surface area contributed by atoms with Crippen LogP contribution < -0.4 is 0 Å². The monoisotopic (exact) mass is 261 g/mol. The third-order valence-corrected chi connectivity index (χ3v) is 2.17. The van der Waals surface area contributed by atoms with E-state index in [0.29, 0.717) is 5.56 Å². The first-order valence-electron chi connectivity index (χ1n) is 4.49. The molecule has 0 spiro atoms. The molecule has 7 heteroatoms. The molecule has 0 aromatic heterocycles. The number of hydrogen-bond acceptors (Lipinski definition) is 1. The molecule has 90 valence electrons. The van der Waals surface area contributed by atoms with Gasteiger partial charge in [0.15, 0.2) is 0 Å². The summed E-state index contributed by atoms with van der Waals surface area (Å²) in [6, 6.07) is 3.41. The number of benzene rings is 1. The smallest absolute Gasteiger partial charge is 0.166 e. The van der Waals surface area contributed by atoms with E-state index in [1.807, 2.05) is 0 Å². The van der Waals surface area contributed by atoms with E-state index in [4.69, 9.17) is 17.1 Å². The predicted molar refractivity (Wildman–Crippen MR) is 59.5 cm³/mol. The second-order valence-corrected chi connectivity index (χ2v) is 3.46. The highest BCUT2D eigenvalue weighted by Crippen LogP contribution is 2.35. The number of nitrogens with zero attached hydrogens (tertiary/aromatic N) is 3. The first-order valence-corrected chi connectivity index (χ1v) is 4.87. The van der Waals surface area contributed by atoms with Gasteiger partial charge in [0.1, 0.15) is 0 Å². The van der Waals surface area contributed by atoms with Gasteiger partial charge < -0.3 is 0 Å². The summed E-state index contributed by atoms with van der Waals surface area (Å²) in [5.74, 6) is 0. The van der Waals surface area contributed by atoms with Crippen LogP contribution in [0.15, 0.2) is 29.4 Å². The summed E-state index contributed by atoms with van der Waals surface area (Å²) in [5.41, 5.74) is 7.65. The molecule has 17 heavy (non-hydrogen) atoms. The number of hydrogen-bond donors (Lipinski definition) is 0. The third kappa shape index (κ3) is 4.01. The number of halogens is 4. The minimum absolute atomic E-state index is 0.134. The summed E-state index contributed by atoms with van der Waals surface area (Å²) in [6.07, 6.45) is -1.40. The van der Waals surface area contributed by atoms with Crippen molar-refractivity contribution in [3.63, 3.8) is 0 Å². The highest BCUT2D eigenvalue weighted by molar-refractivity contribution is 6.31. The SMILES string of the molecule is [N-]=[N+]=NCC=Cc1ccc(C(F)(F)F)c(Cl)c1. The van der Waals surface area contributed by atoms with Crippen molar-refractivity contribution in [3.8, 4) is 0 Å². The molecule has 1 aromatic carbocycles. The average Bonchev–Trinajstić information content (AvgIpc) is 2.23. The lowest BCUT2D eigenvalue weighted by atomic mass is 10.1. The average molecular weight is 262 g/mol. The molecule has 3 nitrogen and oxygen atoms in total. The molecule has 0 aliphatic rings. The Balaban J connectivity index is 2.89. The van der Waals surface area contributed by atoms with E-state index in [2.05, 4.69) is 10.0 Å². The van der Waals surface area contributed by atoms with Crippen LogP contribution >= 0.6 is 11.6 Å². The van der Waals surface area contributed by atoms with Gasteiger partial charge in [-0.2, -0.15) is 13.2 Å². The highest BCUT2D eigenvalue weighted by atomic mass is 35.5. The zero-order valence-electron chi connectivity index (χ0n) is 8.45. The van der Waals surface area contributed by atoms with Crippen molar-refractivity contribution in [1.82, 2.24) is 0 Å². The molecule has 0 aliphatic carbocycles. The lowest BCUT2D eigenvalue weighted by Crippen LogP contribution is -2.05. The van der Waals surface area contributed by atoms with Gasteiger partial charge in [-0.05, 0) is 23.2 Å². The molecule has 0 aliphatic heterocycles. The molecule has 0 N–H and O–H groups in total. The van der Waals surface area contributed by atoms with Crippen molar-refractivity contribution >= 4 is 17.7 Å². The van der Waals surface area contributed by atoms with Gasteiger partial charge in [0, 0.05) is 11.5 Å². The van der Waals surface area contributed by atoms with Crippen LogP contribution in [0.2, 0.25) is 5.02 Å². The van der Waals surface area contributed by atoms with Crippen LogP contribution in [0.3, 0.4) is 0 Å². The van der Waals surface area contributed by atoms with Crippen molar-refractivity contribution in [3.05, 3.63) is 50.9 Å². The van der Waals surface area contributed by atoms with Gasteiger partial charge in [-0.3, -0.25) is 0 Å². The van der Waals surface area contributed by atoms with Crippen LogP contribution in [0, 0.1) is 0 Å². The fourth-order valence-corrected chi connectivity index (χ4v) is 1.43. The number of rotatable bonds is 3. The maximum absolute atomic E-state index is 12.4. The summed E-state index contributed by atoms with van der Waals surface area (Å²) in [6.45, 7) is 0.134. The highest BCUT2D eigenvalue weighted by Gasteiger charge is 2.32. The number of alkyl halides is 3. The second-order valence-electron chi connectivity index (χ2n) is 3.05. The first-order chi connectivity index (χ1) is 7.95. The molecule has 0 amide bonds. The fourth-order valence-electron chi connectivity index (χ4n) is 1.14. The van der Waals surface area contributed by atoms with Crippen molar-refractivity contribution in [2.24, 2.45) is 5.11 Å². The fraction of sp³-hybridized carbons (Fsp3) is 0.200. The van der Waals surface area contributed by atoms with Crippen molar-refractivity contribution in [2.45, 2.75) is 6.18 Å². The first kappa shape index (κ1) is 13.4. The molecular formula is C10H7ClF3N3. The minimum Gasteiger partial charge on any atom is -0.166 e. The number of azide groups is 1. The van der Waals surface area contributed by atoms with E-state index >= 15 is 0 Å². The van der Waals surface area contributed by atoms with Gasteiger partial charge in [0.2, 0.25) is 0 Å². The Morgan fingerprint density at radius 2 is 2.12 bits per heavy atom. The van der Waals surface area contributed by atoms with E-state index < -0.39 is 11.7 Å². The zero-order chi connectivity index (χ0) is 12.9. The summed E-state index contributed by atoms with van der Waals surface area (Å²) in [5, 5.41) is 2.89. The normalized spacial score (nSPS) is 11.5. The van der Waals surface area contributed by atoms with Gasteiger partial charge >= 0.3 is 6.18 Å². The quantitative estimate of drug-likeness (QED) is 0.431. The molecule has 1 aromatic rings. The maximum atomic E-state index is 12.4. The van der Waals surface area contributed by atoms with Crippen LogP contribution in [-0.2, 0) is 6.18 Å². The second kappa shape index (κ2) is 5.61. The Hall–Kier alpha value is -1.65. The van der Waals surface area contributed by atoms with Crippen molar-refractivity contribution in [2.75, 3.05) is 6.54 Å². The molecule has 0 saturated heterocycles. The van der Waals surface area contributed by atoms with Gasteiger partial charge in [0.25, 0.3) is 0 Å². The van der Waals surface area contributed by atoms with E-state index in [-0.39, 0.29) is 11.6 Å². The molecule has 0 saturated carbocycles. The minimum atomic E-state index is -4.45. The van der Waals surface area contributed by atoms with Crippen LogP contribution in [0.25, 0.3) is 16.5 Å². The van der Waals surface area contributed by atoms with Crippen LogP contribution in [-0.4, -0.2) is 6.54 Å². The molecule has 0 atom stereocenters. The largest absolute Gasteiger partial charge is 0.417 e. The van der Waals surface area contributed by atoms with Crippen LogP contribution in [0.4, 0.5) is 13.2 Å². The Morgan fingerprint density at radius 1 is 1.41 bits per heavy atom. The van der Waals surface area contributed by atoms with Gasteiger partial charge in [-0.25, -0.2) is 0 Å². The Morgan fingerprint density at radius 3 is 2.65 bits per heavy atom. The van der Waals surface area contributed by atoms with Gasteiger partial charge in [-0.1, -0.05) is 34.9 Å². The summed E-state index contributed by atoms with van der Waals surface area (Å²) in [4.78, 5) is 2.53. The molecular weight excluding hydrogens is 255 g/mol. The predicted octanol–water partition coefficient (Wildman–Crippen LogP) is 4.68. The zero-order valence-corrected chi connectivity index (χ0v) is 9.20. The van der Waals surface area contributed by atoms with Crippen LogP contribution in [0.5, 0.6) is 0 Å². The Kier molecular flexibility index (Phi) is 4.43. The molecule has 1 rings (SSSR count). The summed E-state index contributed by atoms with van der Waals surface area (Å²) in [7, 11) is 0. The molecule has 0 bridgehead atoms. The van der Waals surface area contributed by atoms with E-state index in [9.17, 15) is 13.2 Å². The van der Waals surface area contributed by atoms with Gasteiger partial charge in [0.05, 0.1) is 10.6 Å². The molecule has 0 heterocycles. The Bertz CT molecular complexity index is 476. The van der Waals surface area contributed by atoms with Crippen molar-refractivity contribution in [1.29, 1.82) is 0 Å². The topological polar surface area (TPSA) is 48.8 Å². The summed E-state index contributed by atoms with van der Waals surface area (Å²) < 4.78 is 37.1. The lowest BCUT2D eigenvalue weighted by molar-refractivity contribution is -0.137. The standard InChI is InChI=1S/C10H7ClF3N3/c11-9-6-7(2-1-5-16-17-15)3-4-8(9)10(12,13)14/h1-4,6H,5H2. The van der Waals surface area contributed by atoms with Crippen molar-refractivity contribution < 1.29 is 13.2 Å². The molecule has 0 radical (unpaired) electrons.